The van der Waals surface area contributed by atoms with Crippen molar-refractivity contribution in [3.63, 3.8) is 0 Å². The normalized spacial score (nSPS) is 10.7. The number of nitrogens with zero attached hydrogens (tertiary/aromatic N) is 1. The molecule has 0 unspecified atom stereocenters. The molecule has 2 nitrogen and oxygen atoms in total. The van der Waals surface area contributed by atoms with E-state index >= 15 is 0 Å². The second-order valence-corrected chi connectivity index (χ2v) is 5.51. The molecule has 0 amide bonds. The zero-order chi connectivity index (χ0) is 10.8. The Labute approximate surface area is 101 Å². The smallest absolute Gasteiger partial charge is 0.0794 e. The highest BCUT2D eigenvalue weighted by molar-refractivity contribution is 7.98. The van der Waals surface area contributed by atoms with Gasteiger partial charge in [-0.15, -0.1) is 11.3 Å². The molecule has 0 bridgehead atoms. The lowest BCUT2D eigenvalue weighted by Gasteiger charge is -2.02. The van der Waals surface area contributed by atoms with Crippen molar-refractivity contribution in [2.45, 2.75) is 32.2 Å². The maximum Gasteiger partial charge on any atom is 0.0794 e. The van der Waals surface area contributed by atoms with Gasteiger partial charge in [-0.1, -0.05) is 12.8 Å². The van der Waals surface area contributed by atoms with E-state index in [1.807, 2.05) is 23.5 Å². The second kappa shape index (κ2) is 9.19. The summed E-state index contributed by atoms with van der Waals surface area (Å²) in [6.07, 6.45) is 9.52. The molecule has 0 radical (unpaired) electrons. The molecular formula is C11H20N2S2. The van der Waals surface area contributed by atoms with Crippen LogP contribution in [-0.4, -0.2) is 23.5 Å². The van der Waals surface area contributed by atoms with Crippen LogP contribution in [0.1, 0.15) is 30.6 Å². The van der Waals surface area contributed by atoms with Crippen molar-refractivity contribution in [2.75, 3.05) is 18.6 Å². The minimum absolute atomic E-state index is 0.982. The van der Waals surface area contributed by atoms with E-state index < -0.39 is 0 Å². The van der Waals surface area contributed by atoms with E-state index in [2.05, 4.69) is 16.6 Å². The maximum atomic E-state index is 4.05. The van der Waals surface area contributed by atoms with Gasteiger partial charge in [0.05, 0.1) is 5.51 Å². The van der Waals surface area contributed by atoms with Gasteiger partial charge in [0.25, 0.3) is 0 Å². The van der Waals surface area contributed by atoms with Crippen molar-refractivity contribution in [3.05, 3.63) is 16.6 Å². The predicted octanol–water partition coefficient (Wildman–Crippen LogP) is 3.16. The van der Waals surface area contributed by atoms with E-state index in [1.165, 1.54) is 36.3 Å². The summed E-state index contributed by atoms with van der Waals surface area (Å²) in [7, 11) is 0. The van der Waals surface area contributed by atoms with Crippen LogP contribution < -0.4 is 5.32 Å². The number of thioether (sulfide) groups is 1. The summed E-state index contributed by atoms with van der Waals surface area (Å²) in [4.78, 5) is 5.38. The lowest BCUT2D eigenvalue weighted by atomic mass is 10.2. The van der Waals surface area contributed by atoms with Crippen LogP contribution in [0.5, 0.6) is 0 Å². The number of rotatable bonds is 9. The van der Waals surface area contributed by atoms with Crippen molar-refractivity contribution in [3.8, 4) is 0 Å². The molecule has 1 N–H and O–H groups in total. The standard InChI is InChI=1S/C11H20N2S2/c1-14-7-5-3-2-4-6-12-8-11-9-13-10-15-11/h9-10,12H,2-8H2,1H3. The Morgan fingerprint density at radius 3 is 2.93 bits per heavy atom. The van der Waals surface area contributed by atoms with E-state index in [1.54, 1.807) is 11.3 Å². The molecule has 0 fully saturated rings. The van der Waals surface area contributed by atoms with Crippen LogP contribution in [0.3, 0.4) is 0 Å². The molecule has 1 aromatic rings. The highest BCUT2D eigenvalue weighted by atomic mass is 32.2. The molecule has 0 aliphatic rings. The third-order valence-corrected chi connectivity index (χ3v) is 3.71. The Hall–Kier alpha value is -0.0600. The van der Waals surface area contributed by atoms with Gasteiger partial charge in [0, 0.05) is 17.6 Å². The van der Waals surface area contributed by atoms with E-state index in [0.29, 0.717) is 0 Å². The van der Waals surface area contributed by atoms with Gasteiger partial charge >= 0.3 is 0 Å². The highest BCUT2D eigenvalue weighted by Crippen LogP contribution is 2.05. The lowest BCUT2D eigenvalue weighted by molar-refractivity contribution is 0.602. The molecule has 1 aromatic heterocycles. The summed E-state index contributed by atoms with van der Waals surface area (Å²) in [5.41, 5.74) is 1.89. The van der Waals surface area contributed by atoms with Crippen molar-refractivity contribution >= 4 is 23.1 Å². The molecule has 0 aliphatic heterocycles. The summed E-state index contributed by atoms with van der Waals surface area (Å²) >= 11 is 3.67. The molecule has 0 aromatic carbocycles. The third kappa shape index (κ3) is 6.93. The molecule has 0 saturated carbocycles. The SMILES string of the molecule is CSCCCCCCNCc1cncs1. The minimum atomic E-state index is 0.982. The van der Waals surface area contributed by atoms with Gasteiger partial charge in [0.1, 0.15) is 0 Å². The predicted molar refractivity (Wildman–Crippen MR) is 70.7 cm³/mol. The Kier molecular flexibility index (Phi) is 7.97. The monoisotopic (exact) mass is 244 g/mol. The molecule has 0 atom stereocenters. The molecular weight excluding hydrogens is 224 g/mol. The first-order chi connectivity index (χ1) is 7.43. The van der Waals surface area contributed by atoms with Gasteiger partial charge in [0.15, 0.2) is 0 Å². The average Bonchev–Trinajstić information content (AvgIpc) is 2.75. The number of nitrogens with one attached hydrogen (secondary N) is 1. The Balaban J connectivity index is 1.81. The summed E-state index contributed by atoms with van der Waals surface area (Å²) in [5.74, 6) is 1.31. The fourth-order valence-corrected chi connectivity index (χ4v) is 2.45. The molecule has 0 saturated heterocycles. The summed E-state index contributed by atoms with van der Waals surface area (Å²) in [6.45, 7) is 2.12. The number of unbranched alkanes of at least 4 members (excludes halogenated alkanes) is 3. The third-order valence-electron chi connectivity index (χ3n) is 2.23. The van der Waals surface area contributed by atoms with Crippen molar-refractivity contribution in [1.29, 1.82) is 0 Å². The molecule has 15 heavy (non-hydrogen) atoms. The van der Waals surface area contributed by atoms with E-state index in [9.17, 15) is 0 Å². The first kappa shape index (κ1) is 13.0. The van der Waals surface area contributed by atoms with Crippen LogP contribution in [-0.2, 0) is 6.54 Å². The van der Waals surface area contributed by atoms with Gasteiger partial charge in [-0.2, -0.15) is 11.8 Å². The van der Waals surface area contributed by atoms with Crippen LogP contribution in [0, 0.1) is 0 Å². The zero-order valence-corrected chi connectivity index (χ0v) is 11.0. The van der Waals surface area contributed by atoms with Gasteiger partial charge in [-0.3, -0.25) is 4.98 Å². The van der Waals surface area contributed by atoms with E-state index in [0.717, 1.165) is 13.1 Å². The van der Waals surface area contributed by atoms with Crippen molar-refractivity contribution in [1.82, 2.24) is 10.3 Å². The summed E-state index contributed by atoms with van der Waals surface area (Å²) in [5, 5.41) is 3.44. The van der Waals surface area contributed by atoms with Crippen LogP contribution in [0.2, 0.25) is 0 Å². The zero-order valence-electron chi connectivity index (χ0n) is 9.37. The number of aromatic nitrogens is 1. The highest BCUT2D eigenvalue weighted by Gasteiger charge is 1.93. The van der Waals surface area contributed by atoms with Crippen LogP contribution >= 0.6 is 23.1 Å². The molecule has 4 heteroatoms. The number of thiazole rings is 1. The van der Waals surface area contributed by atoms with E-state index in [-0.39, 0.29) is 0 Å². The summed E-state index contributed by atoms with van der Waals surface area (Å²) in [6, 6.07) is 0. The topological polar surface area (TPSA) is 24.9 Å². The largest absolute Gasteiger partial charge is 0.312 e. The Morgan fingerprint density at radius 1 is 1.33 bits per heavy atom. The molecule has 0 spiro atoms. The van der Waals surface area contributed by atoms with Crippen LogP contribution in [0.15, 0.2) is 11.7 Å². The van der Waals surface area contributed by atoms with Crippen LogP contribution in [0.4, 0.5) is 0 Å². The molecule has 0 aliphatic carbocycles. The fraction of sp³-hybridized carbons (Fsp3) is 0.727. The minimum Gasteiger partial charge on any atom is -0.312 e. The van der Waals surface area contributed by atoms with Crippen molar-refractivity contribution < 1.29 is 0 Å². The van der Waals surface area contributed by atoms with Gasteiger partial charge in [0.2, 0.25) is 0 Å². The quantitative estimate of drug-likeness (QED) is 0.676. The van der Waals surface area contributed by atoms with Crippen molar-refractivity contribution in [2.24, 2.45) is 0 Å². The van der Waals surface area contributed by atoms with E-state index in [4.69, 9.17) is 0 Å². The maximum absolute atomic E-state index is 4.05. The van der Waals surface area contributed by atoms with Crippen LogP contribution in [0.25, 0.3) is 0 Å². The van der Waals surface area contributed by atoms with Gasteiger partial charge < -0.3 is 5.32 Å². The molecule has 86 valence electrons. The molecule has 1 heterocycles. The number of hydrogen-bond acceptors (Lipinski definition) is 4. The van der Waals surface area contributed by atoms with Gasteiger partial charge in [-0.05, 0) is 31.4 Å². The number of hydrogen-bond donors (Lipinski definition) is 1. The first-order valence-corrected chi connectivity index (χ1v) is 7.78. The first-order valence-electron chi connectivity index (χ1n) is 5.50. The second-order valence-electron chi connectivity index (χ2n) is 3.55. The van der Waals surface area contributed by atoms with Gasteiger partial charge in [-0.25, -0.2) is 0 Å². The lowest BCUT2D eigenvalue weighted by Crippen LogP contribution is -2.13. The fourth-order valence-electron chi connectivity index (χ4n) is 1.39. The molecule has 1 rings (SSSR count). The Bertz CT molecular complexity index is 225. The summed E-state index contributed by atoms with van der Waals surface area (Å²) < 4.78 is 0. The average molecular weight is 244 g/mol. The Morgan fingerprint density at radius 2 is 2.20 bits per heavy atom.